The van der Waals surface area contributed by atoms with Crippen LogP contribution in [0, 0.1) is 0 Å². The van der Waals surface area contributed by atoms with Crippen molar-refractivity contribution in [3.8, 4) is 0 Å². The summed E-state index contributed by atoms with van der Waals surface area (Å²) >= 11 is 0. The Hall–Kier alpha value is -3.07. The molecular weight excluding hydrogens is 450 g/mol. The third-order valence-electron chi connectivity index (χ3n) is 7.34. The topological polar surface area (TPSA) is 18.8 Å². The Morgan fingerprint density at radius 1 is 0.676 bits per heavy atom. The molecule has 0 spiro atoms. The second kappa shape index (κ2) is 10.0. The van der Waals surface area contributed by atoms with Crippen LogP contribution in [0.15, 0.2) is 71.8 Å². The number of amidine groups is 1. The molecule has 1 aliphatic heterocycles. The minimum absolute atomic E-state index is 0.0520. The van der Waals surface area contributed by atoms with Gasteiger partial charge in [0.2, 0.25) is 0 Å². The highest BCUT2D eigenvalue weighted by Gasteiger charge is 2.32. The van der Waals surface area contributed by atoms with E-state index in [1.165, 1.54) is 27.9 Å². The van der Waals surface area contributed by atoms with Gasteiger partial charge in [0.1, 0.15) is 6.67 Å². The average Bonchev–Trinajstić information content (AvgIpc) is 3.28. The van der Waals surface area contributed by atoms with Gasteiger partial charge < -0.3 is 4.90 Å². The monoisotopic (exact) mass is 495 g/mol. The molecule has 0 aromatic heterocycles. The Bertz CT molecular complexity index is 1210. The standard InChI is InChI=1S/C34H45N3/c1-23(2)29-17-14-18-30(24(3)4)31(29)36-22-37(35-32(36)25-15-12-11-13-16-25)28-20-26(33(5,6)7)19-27(21-28)34(8,9)10/h11-21,23-24H,22H2,1-10H3. The maximum absolute atomic E-state index is 5.31. The van der Waals surface area contributed by atoms with Crippen LogP contribution in [0.1, 0.15) is 109 Å². The van der Waals surface area contributed by atoms with Crippen molar-refractivity contribution < 1.29 is 0 Å². The SMILES string of the molecule is CC(C)c1cccc(C(C)C)c1N1CN(c2cc(C(C)(C)C)cc(C(C)(C)C)c2)N=C1c1ccccc1. The molecule has 37 heavy (non-hydrogen) atoms. The zero-order valence-electron chi connectivity index (χ0n) is 24.6. The minimum Gasteiger partial charge on any atom is -0.304 e. The highest BCUT2D eigenvalue weighted by atomic mass is 15.6. The summed E-state index contributed by atoms with van der Waals surface area (Å²) in [6.45, 7) is 23.6. The highest BCUT2D eigenvalue weighted by molar-refractivity contribution is 6.12. The molecule has 0 radical (unpaired) electrons. The van der Waals surface area contributed by atoms with Crippen molar-refractivity contribution in [2.45, 2.75) is 91.9 Å². The highest BCUT2D eigenvalue weighted by Crippen LogP contribution is 2.40. The van der Waals surface area contributed by atoms with Crippen molar-refractivity contribution >= 4 is 17.2 Å². The number of hydrogen-bond acceptors (Lipinski definition) is 3. The van der Waals surface area contributed by atoms with Gasteiger partial charge in [-0.2, -0.15) is 5.10 Å². The van der Waals surface area contributed by atoms with Crippen molar-refractivity contribution in [1.82, 2.24) is 0 Å². The average molecular weight is 496 g/mol. The Morgan fingerprint density at radius 3 is 1.65 bits per heavy atom. The molecule has 3 aromatic rings. The normalized spacial score (nSPS) is 14.6. The van der Waals surface area contributed by atoms with Gasteiger partial charge in [-0.05, 0) is 57.1 Å². The molecule has 0 bridgehead atoms. The van der Waals surface area contributed by atoms with Gasteiger partial charge in [0.25, 0.3) is 0 Å². The summed E-state index contributed by atoms with van der Waals surface area (Å²) in [5.74, 6) is 1.84. The number of nitrogens with zero attached hydrogens (tertiary/aromatic N) is 3. The van der Waals surface area contributed by atoms with Crippen molar-refractivity contribution in [3.63, 3.8) is 0 Å². The molecule has 3 nitrogen and oxygen atoms in total. The molecule has 0 saturated heterocycles. The molecule has 3 heteroatoms. The predicted octanol–water partition coefficient (Wildman–Crippen LogP) is 9.17. The molecule has 0 aliphatic carbocycles. The Balaban J connectivity index is 1.92. The van der Waals surface area contributed by atoms with Gasteiger partial charge in [-0.3, -0.25) is 0 Å². The Morgan fingerprint density at radius 2 is 1.19 bits per heavy atom. The van der Waals surface area contributed by atoms with Crippen LogP contribution in [0.4, 0.5) is 11.4 Å². The van der Waals surface area contributed by atoms with Gasteiger partial charge in [-0.25, -0.2) is 5.01 Å². The fraction of sp³-hybridized carbons (Fsp3) is 0.441. The second-order valence-corrected chi connectivity index (χ2v) is 13.1. The van der Waals surface area contributed by atoms with Crippen LogP contribution in [0.2, 0.25) is 0 Å². The lowest BCUT2D eigenvalue weighted by molar-refractivity contribution is 0.568. The first kappa shape index (κ1) is 27.0. The van der Waals surface area contributed by atoms with Crippen LogP contribution in [0.25, 0.3) is 0 Å². The van der Waals surface area contributed by atoms with Crippen molar-refractivity contribution in [2.24, 2.45) is 5.10 Å². The van der Waals surface area contributed by atoms with Crippen molar-refractivity contribution in [3.05, 3.63) is 94.5 Å². The van der Waals surface area contributed by atoms with E-state index in [9.17, 15) is 0 Å². The van der Waals surface area contributed by atoms with E-state index in [0.717, 1.165) is 17.1 Å². The van der Waals surface area contributed by atoms with Gasteiger partial charge in [0.05, 0.1) is 11.4 Å². The quantitative estimate of drug-likeness (QED) is 0.351. The molecule has 196 valence electrons. The molecule has 0 fully saturated rings. The van der Waals surface area contributed by atoms with Gasteiger partial charge in [-0.15, -0.1) is 0 Å². The molecule has 0 amide bonds. The molecule has 1 aliphatic rings. The van der Waals surface area contributed by atoms with E-state index in [-0.39, 0.29) is 10.8 Å². The van der Waals surface area contributed by atoms with Crippen molar-refractivity contribution in [2.75, 3.05) is 16.6 Å². The van der Waals surface area contributed by atoms with Gasteiger partial charge >= 0.3 is 0 Å². The van der Waals surface area contributed by atoms with Gasteiger partial charge in [-0.1, -0.05) is 124 Å². The first-order valence-corrected chi connectivity index (χ1v) is 13.8. The van der Waals surface area contributed by atoms with E-state index in [1.807, 2.05) is 0 Å². The molecule has 0 atom stereocenters. The van der Waals surface area contributed by atoms with E-state index in [1.54, 1.807) is 0 Å². The fourth-order valence-electron chi connectivity index (χ4n) is 4.97. The van der Waals surface area contributed by atoms with Gasteiger partial charge in [0, 0.05) is 5.56 Å². The first-order valence-electron chi connectivity index (χ1n) is 13.8. The third kappa shape index (κ3) is 5.61. The molecule has 0 N–H and O–H groups in total. The van der Waals surface area contributed by atoms with E-state index >= 15 is 0 Å². The molecule has 1 heterocycles. The summed E-state index contributed by atoms with van der Waals surface area (Å²) in [7, 11) is 0. The fourth-order valence-corrected chi connectivity index (χ4v) is 4.97. The summed E-state index contributed by atoms with van der Waals surface area (Å²) in [5.41, 5.74) is 9.13. The van der Waals surface area contributed by atoms with Crippen molar-refractivity contribution in [1.29, 1.82) is 0 Å². The maximum Gasteiger partial charge on any atom is 0.162 e. The summed E-state index contributed by atoms with van der Waals surface area (Å²) in [4.78, 5) is 2.44. The molecule has 3 aromatic carbocycles. The van der Waals surface area contributed by atoms with E-state index < -0.39 is 0 Å². The van der Waals surface area contributed by atoms with E-state index in [4.69, 9.17) is 5.10 Å². The Labute approximate surface area is 225 Å². The second-order valence-electron chi connectivity index (χ2n) is 13.1. The molecular formula is C34H45N3. The summed E-state index contributed by atoms with van der Waals surface area (Å²) in [5, 5.41) is 7.51. The number of hydrazone groups is 1. The summed E-state index contributed by atoms with van der Waals surface area (Å²) in [6, 6.07) is 24.5. The summed E-state index contributed by atoms with van der Waals surface area (Å²) in [6.07, 6.45) is 0. The number of para-hydroxylation sites is 1. The summed E-state index contributed by atoms with van der Waals surface area (Å²) < 4.78 is 0. The molecule has 0 unspecified atom stereocenters. The largest absolute Gasteiger partial charge is 0.304 e. The Kier molecular flexibility index (Phi) is 7.29. The van der Waals surface area contributed by atoms with E-state index in [0.29, 0.717) is 18.5 Å². The molecule has 4 rings (SSSR count). The first-order chi connectivity index (χ1) is 17.3. The lowest BCUT2D eigenvalue weighted by atomic mass is 9.80. The smallest absolute Gasteiger partial charge is 0.162 e. The number of anilines is 2. The van der Waals surface area contributed by atoms with Crippen LogP contribution in [-0.2, 0) is 10.8 Å². The predicted molar refractivity (Wildman–Crippen MR) is 161 cm³/mol. The minimum atomic E-state index is 0.0520. The third-order valence-corrected chi connectivity index (χ3v) is 7.34. The number of rotatable bonds is 5. The van der Waals surface area contributed by atoms with E-state index in [2.05, 4.69) is 146 Å². The maximum atomic E-state index is 5.31. The number of hydrogen-bond donors (Lipinski definition) is 0. The van der Waals surface area contributed by atoms with Crippen LogP contribution < -0.4 is 9.91 Å². The molecule has 0 saturated carbocycles. The lowest BCUT2D eigenvalue weighted by Gasteiger charge is -2.30. The zero-order valence-corrected chi connectivity index (χ0v) is 24.6. The van der Waals surface area contributed by atoms with Crippen LogP contribution in [-0.4, -0.2) is 12.5 Å². The van der Waals surface area contributed by atoms with Gasteiger partial charge in [0.15, 0.2) is 5.84 Å². The number of benzene rings is 3. The van der Waals surface area contributed by atoms with Crippen LogP contribution in [0.3, 0.4) is 0 Å². The lowest BCUT2D eigenvalue weighted by Crippen LogP contribution is -2.33. The zero-order chi connectivity index (χ0) is 27.1. The van der Waals surface area contributed by atoms with Crippen LogP contribution in [0.5, 0.6) is 0 Å². The van der Waals surface area contributed by atoms with Crippen LogP contribution >= 0.6 is 0 Å².